The second-order valence-electron chi connectivity index (χ2n) is 8.09. The van der Waals surface area contributed by atoms with E-state index >= 15 is 0 Å². The van der Waals surface area contributed by atoms with Gasteiger partial charge in [0.2, 0.25) is 11.8 Å². The van der Waals surface area contributed by atoms with Gasteiger partial charge in [-0.1, -0.05) is 25.5 Å². The van der Waals surface area contributed by atoms with E-state index in [0.29, 0.717) is 19.4 Å². The van der Waals surface area contributed by atoms with Gasteiger partial charge >= 0.3 is 0 Å². The lowest BCUT2D eigenvalue weighted by Crippen LogP contribution is -2.48. The van der Waals surface area contributed by atoms with Crippen LogP contribution >= 0.6 is 0 Å². The molecule has 0 aliphatic heterocycles. The molecule has 182 valence electrons. The molecule has 1 atom stereocenters. The summed E-state index contributed by atoms with van der Waals surface area (Å²) in [5.74, 6) is -0.103. The SMILES string of the molecule is CCCC(=O)NC(Cc1ccc(O)cc1)C(=O)NCCCCCNCCCNCCCN. The van der Waals surface area contributed by atoms with E-state index in [-0.39, 0.29) is 17.6 Å². The van der Waals surface area contributed by atoms with Gasteiger partial charge in [0, 0.05) is 19.4 Å². The molecule has 8 nitrogen and oxygen atoms in total. The molecule has 0 spiro atoms. The van der Waals surface area contributed by atoms with Crippen LogP contribution in [-0.2, 0) is 16.0 Å². The molecule has 1 rings (SSSR count). The highest BCUT2D eigenvalue weighted by molar-refractivity contribution is 5.87. The van der Waals surface area contributed by atoms with Gasteiger partial charge in [0.15, 0.2) is 0 Å². The fourth-order valence-corrected chi connectivity index (χ4v) is 3.27. The fourth-order valence-electron chi connectivity index (χ4n) is 3.27. The highest BCUT2D eigenvalue weighted by Gasteiger charge is 2.20. The Balaban J connectivity index is 2.21. The fraction of sp³-hybridized carbons (Fsp3) is 0.667. The standard InChI is InChI=1S/C24H43N5O3/c1-2-8-23(31)29-22(19-20-9-11-21(30)12-10-20)24(32)28-18-5-3-4-14-26-16-7-17-27-15-6-13-25/h9-12,22,26-27,30H,2-8,13-19,25H2,1H3,(H,28,32)(H,29,31). The number of phenols is 1. The summed E-state index contributed by atoms with van der Waals surface area (Å²) in [6, 6.07) is 6.10. The molecule has 0 aromatic heterocycles. The van der Waals surface area contributed by atoms with Gasteiger partial charge in [0.05, 0.1) is 0 Å². The number of amides is 2. The van der Waals surface area contributed by atoms with E-state index in [1.165, 1.54) is 0 Å². The Morgan fingerprint density at radius 2 is 1.53 bits per heavy atom. The van der Waals surface area contributed by atoms with Crippen LogP contribution in [0.3, 0.4) is 0 Å². The Bertz CT molecular complexity index is 625. The van der Waals surface area contributed by atoms with Gasteiger partial charge in [-0.25, -0.2) is 0 Å². The Hall–Kier alpha value is -2.16. The van der Waals surface area contributed by atoms with Crippen LogP contribution in [0.1, 0.15) is 57.4 Å². The van der Waals surface area contributed by atoms with E-state index in [9.17, 15) is 14.7 Å². The van der Waals surface area contributed by atoms with Crippen LogP contribution in [0, 0.1) is 0 Å². The van der Waals surface area contributed by atoms with Crippen molar-refractivity contribution in [3.05, 3.63) is 29.8 Å². The maximum absolute atomic E-state index is 12.7. The lowest BCUT2D eigenvalue weighted by molar-refractivity contribution is -0.129. The van der Waals surface area contributed by atoms with Crippen molar-refractivity contribution in [3.8, 4) is 5.75 Å². The number of unbranched alkanes of at least 4 members (excludes halogenated alkanes) is 2. The summed E-state index contributed by atoms with van der Waals surface area (Å²) in [6.07, 6.45) is 6.66. The average Bonchev–Trinajstić information content (AvgIpc) is 2.78. The van der Waals surface area contributed by atoms with Crippen LogP contribution in [0.2, 0.25) is 0 Å². The molecule has 2 amide bonds. The third kappa shape index (κ3) is 14.0. The Morgan fingerprint density at radius 3 is 2.19 bits per heavy atom. The summed E-state index contributed by atoms with van der Waals surface area (Å²) in [7, 11) is 0. The van der Waals surface area contributed by atoms with Crippen molar-refractivity contribution < 1.29 is 14.7 Å². The van der Waals surface area contributed by atoms with E-state index in [1.54, 1.807) is 24.3 Å². The first-order chi connectivity index (χ1) is 15.6. The number of aromatic hydroxyl groups is 1. The van der Waals surface area contributed by atoms with Crippen LogP contribution in [-0.4, -0.2) is 62.2 Å². The number of carbonyl (C=O) groups is 2. The predicted octanol–water partition coefficient (Wildman–Crippen LogP) is 1.42. The maximum Gasteiger partial charge on any atom is 0.242 e. The van der Waals surface area contributed by atoms with E-state index in [0.717, 1.165) is 76.8 Å². The molecular formula is C24H43N5O3. The maximum atomic E-state index is 12.7. The summed E-state index contributed by atoms with van der Waals surface area (Å²) in [5.41, 5.74) is 6.35. The van der Waals surface area contributed by atoms with Gasteiger partial charge in [-0.15, -0.1) is 0 Å². The van der Waals surface area contributed by atoms with Crippen LogP contribution in [0.4, 0.5) is 0 Å². The van der Waals surface area contributed by atoms with Gasteiger partial charge in [0.1, 0.15) is 11.8 Å². The minimum Gasteiger partial charge on any atom is -0.508 e. The molecule has 0 fully saturated rings. The zero-order chi connectivity index (χ0) is 23.4. The Morgan fingerprint density at radius 1 is 0.906 bits per heavy atom. The monoisotopic (exact) mass is 449 g/mol. The highest BCUT2D eigenvalue weighted by atomic mass is 16.3. The summed E-state index contributed by atoms with van der Waals surface area (Å²) < 4.78 is 0. The van der Waals surface area contributed by atoms with Crippen molar-refractivity contribution in [1.29, 1.82) is 0 Å². The number of nitrogens with one attached hydrogen (secondary N) is 4. The van der Waals surface area contributed by atoms with Gasteiger partial charge in [-0.05, 0) is 82.5 Å². The summed E-state index contributed by atoms with van der Waals surface area (Å²) in [5, 5.41) is 22.0. The molecule has 1 aromatic rings. The molecular weight excluding hydrogens is 406 g/mol. The first-order valence-corrected chi connectivity index (χ1v) is 12.0. The second-order valence-corrected chi connectivity index (χ2v) is 8.09. The third-order valence-corrected chi connectivity index (χ3v) is 5.10. The number of nitrogens with two attached hydrogens (primary N) is 1. The first-order valence-electron chi connectivity index (χ1n) is 12.0. The van der Waals surface area contributed by atoms with E-state index in [4.69, 9.17) is 5.73 Å². The number of phenolic OH excluding ortho intramolecular Hbond substituents is 1. The normalized spacial score (nSPS) is 11.8. The molecule has 8 heteroatoms. The topological polar surface area (TPSA) is 129 Å². The summed E-state index contributed by atoms with van der Waals surface area (Å²) in [6.45, 7) is 7.25. The predicted molar refractivity (Wildman–Crippen MR) is 130 cm³/mol. The molecule has 32 heavy (non-hydrogen) atoms. The van der Waals surface area contributed by atoms with Gasteiger partial charge in [-0.3, -0.25) is 9.59 Å². The lowest BCUT2D eigenvalue weighted by atomic mass is 10.0. The van der Waals surface area contributed by atoms with Gasteiger partial charge < -0.3 is 32.1 Å². The largest absolute Gasteiger partial charge is 0.508 e. The third-order valence-electron chi connectivity index (χ3n) is 5.10. The Kier molecular flexibility index (Phi) is 16.0. The summed E-state index contributed by atoms with van der Waals surface area (Å²) >= 11 is 0. The highest BCUT2D eigenvalue weighted by Crippen LogP contribution is 2.11. The lowest BCUT2D eigenvalue weighted by Gasteiger charge is -2.19. The second kappa shape index (κ2) is 18.4. The molecule has 0 aliphatic carbocycles. The minimum atomic E-state index is -0.612. The van der Waals surface area contributed by atoms with Crippen LogP contribution in [0.25, 0.3) is 0 Å². The summed E-state index contributed by atoms with van der Waals surface area (Å²) in [4.78, 5) is 24.7. The number of hydrogen-bond acceptors (Lipinski definition) is 6. The zero-order valence-corrected chi connectivity index (χ0v) is 19.6. The molecule has 0 saturated heterocycles. The minimum absolute atomic E-state index is 0.118. The smallest absolute Gasteiger partial charge is 0.242 e. The van der Waals surface area contributed by atoms with Crippen molar-refractivity contribution in [3.63, 3.8) is 0 Å². The quantitative estimate of drug-likeness (QED) is 0.177. The molecule has 1 unspecified atom stereocenters. The number of rotatable bonds is 19. The first kappa shape index (κ1) is 27.9. The zero-order valence-electron chi connectivity index (χ0n) is 19.6. The van der Waals surface area contributed by atoms with E-state index < -0.39 is 6.04 Å². The Labute approximate surface area is 193 Å². The molecule has 7 N–H and O–H groups in total. The number of carbonyl (C=O) groups excluding carboxylic acids is 2. The van der Waals surface area contributed by atoms with Crippen molar-refractivity contribution in [1.82, 2.24) is 21.3 Å². The van der Waals surface area contributed by atoms with Crippen molar-refractivity contribution in [2.24, 2.45) is 5.73 Å². The van der Waals surface area contributed by atoms with Gasteiger partial charge in [-0.2, -0.15) is 0 Å². The molecule has 1 aromatic carbocycles. The number of benzene rings is 1. The van der Waals surface area contributed by atoms with Crippen LogP contribution in [0.5, 0.6) is 5.75 Å². The molecule has 0 aliphatic rings. The van der Waals surface area contributed by atoms with E-state index in [1.807, 2.05) is 6.92 Å². The van der Waals surface area contributed by atoms with Crippen LogP contribution in [0.15, 0.2) is 24.3 Å². The van der Waals surface area contributed by atoms with Crippen molar-refractivity contribution in [2.75, 3.05) is 39.3 Å². The number of hydrogen-bond donors (Lipinski definition) is 6. The molecule has 0 radical (unpaired) electrons. The molecule has 0 heterocycles. The van der Waals surface area contributed by atoms with Crippen LogP contribution < -0.4 is 27.0 Å². The van der Waals surface area contributed by atoms with E-state index in [2.05, 4.69) is 21.3 Å². The average molecular weight is 450 g/mol. The molecule has 0 saturated carbocycles. The van der Waals surface area contributed by atoms with Crippen molar-refractivity contribution >= 4 is 11.8 Å². The van der Waals surface area contributed by atoms with Crippen molar-refractivity contribution in [2.45, 2.75) is 64.3 Å². The van der Waals surface area contributed by atoms with Gasteiger partial charge in [0.25, 0.3) is 0 Å². The molecule has 0 bridgehead atoms.